The second kappa shape index (κ2) is 4.58. The molecule has 0 bridgehead atoms. The van der Waals surface area contributed by atoms with E-state index < -0.39 is 5.82 Å². The van der Waals surface area contributed by atoms with Crippen LogP contribution in [0.1, 0.15) is 0 Å². The van der Waals surface area contributed by atoms with Gasteiger partial charge >= 0.3 is 0 Å². The zero-order valence-electron chi connectivity index (χ0n) is 7.85. The van der Waals surface area contributed by atoms with Crippen LogP contribution >= 0.6 is 34.8 Å². The summed E-state index contributed by atoms with van der Waals surface area (Å²) in [6.45, 7) is 0. The van der Waals surface area contributed by atoms with Gasteiger partial charge in [-0.1, -0.05) is 34.8 Å². The molecule has 0 aliphatic heterocycles. The molecule has 0 spiro atoms. The summed E-state index contributed by atoms with van der Waals surface area (Å²) < 4.78 is 12.7. The van der Waals surface area contributed by atoms with E-state index in [-0.39, 0.29) is 0 Å². The summed E-state index contributed by atoms with van der Waals surface area (Å²) in [6, 6.07) is 5.99. The Morgan fingerprint density at radius 1 is 1.06 bits per heavy atom. The standard InChI is InChI=1S/C11H5Cl3FN/c12-6-3-8(11(14)9(13)4-6)10-2-1-7(15)5-16-10/h1-5H. The minimum Gasteiger partial charge on any atom is -0.253 e. The van der Waals surface area contributed by atoms with Gasteiger partial charge in [0, 0.05) is 10.6 Å². The molecule has 0 aliphatic carbocycles. The molecule has 0 N–H and O–H groups in total. The molecule has 1 aromatic carbocycles. The summed E-state index contributed by atoms with van der Waals surface area (Å²) in [5.74, 6) is -0.409. The number of benzene rings is 1. The van der Waals surface area contributed by atoms with Gasteiger partial charge in [0.15, 0.2) is 0 Å². The zero-order valence-corrected chi connectivity index (χ0v) is 10.1. The normalized spacial score (nSPS) is 10.5. The first-order valence-corrected chi connectivity index (χ1v) is 5.48. The fourth-order valence-corrected chi connectivity index (χ4v) is 1.98. The summed E-state index contributed by atoms with van der Waals surface area (Å²) in [6.07, 6.45) is 1.11. The smallest absolute Gasteiger partial charge is 0.141 e. The molecule has 0 atom stereocenters. The van der Waals surface area contributed by atoms with Crippen LogP contribution in [0, 0.1) is 5.82 Å². The fourth-order valence-electron chi connectivity index (χ4n) is 1.28. The van der Waals surface area contributed by atoms with Crippen molar-refractivity contribution in [2.75, 3.05) is 0 Å². The Bertz CT molecular complexity index is 525. The number of hydrogen-bond donors (Lipinski definition) is 0. The second-order valence-electron chi connectivity index (χ2n) is 3.11. The Morgan fingerprint density at radius 3 is 2.44 bits per heavy atom. The molecule has 82 valence electrons. The Labute approximate surface area is 107 Å². The lowest BCUT2D eigenvalue weighted by Gasteiger charge is -2.06. The monoisotopic (exact) mass is 275 g/mol. The van der Waals surface area contributed by atoms with E-state index in [1.807, 2.05) is 0 Å². The van der Waals surface area contributed by atoms with Crippen molar-refractivity contribution in [2.24, 2.45) is 0 Å². The fraction of sp³-hybridized carbons (Fsp3) is 0. The molecule has 1 nitrogen and oxygen atoms in total. The zero-order chi connectivity index (χ0) is 11.7. The highest BCUT2D eigenvalue weighted by Crippen LogP contribution is 2.35. The lowest BCUT2D eigenvalue weighted by Crippen LogP contribution is -1.86. The third kappa shape index (κ3) is 2.29. The lowest BCUT2D eigenvalue weighted by atomic mass is 10.1. The van der Waals surface area contributed by atoms with Crippen molar-refractivity contribution in [1.82, 2.24) is 4.98 Å². The maximum atomic E-state index is 12.7. The van der Waals surface area contributed by atoms with Crippen molar-refractivity contribution in [3.05, 3.63) is 51.3 Å². The van der Waals surface area contributed by atoms with Gasteiger partial charge in [0.2, 0.25) is 0 Å². The van der Waals surface area contributed by atoms with Gasteiger partial charge in [0.05, 0.1) is 21.9 Å². The lowest BCUT2D eigenvalue weighted by molar-refractivity contribution is 0.622. The van der Waals surface area contributed by atoms with Crippen LogP contribution in [0.2, 0.25) is 15.1 Å². The van der Waals surface area contributed by atoms with Gasteiger partial charge in [-0.15, -0.1) is 0 Å². The largest absolute Gasteiger partial charge is 0.253 e. The van der Waals surface area contributed by atoms with Gasteiger partial charge < -0.3 is 0 Å². The first kappa shape index (κ1) is 11.6. The van der Waals surface area contributed by atoms with E-state index in [0.29, 0.717) is 26.3 Å². The third-order valence-corrected chi connectivity index (χ3v) is 3.02. The van der Waals surface area contributed by atoms with Crippen LogP contribution in [0.3, 0.4) is 0 Å². The number of pyridine rings is 1. The van der Waals surface area contributed by atoms with Crippen LogP contribution < -0.4 is 0 Å². The molecule has 0 saturated heterocycles. The van der Waals surface area contributed by atoms with E-state index in [1.54, 1.807) is 12.1 Å². The number of halogens is 4. The average molecular weight is 277 g/mol. The van der Waals surface area contributed by atoms with Gasteiger partial charge in [-0.2, -0.15) is 0 Å². The van der Waals surface area contributed by atoms with Gasteiger partial charge in [-0.05, 0) is 24.3 Å². The SMILES string of the molecule is Fc1ccc(-c2cc(Cl)cc(Cl)c2Cl)nc1. The summed E-state index contributed by atoms with van der Waals surface area (Å²) >= 11 is 17.8. The number of nitrogens with zero attached hydrogens (tertiary/aromatic N) is 1. The number of hydrogen-bond acceptors (Lipinski definition) is 1. The molecule has 0 amide bonds. The maximum Gasteiger partial charge on any atom is 0.141 e. The van der Waals surface area contributed by atoms with Crippen molar-refractivity contribution >= 4 is 34.8 Å². The summed E-state index contributed by atoms with van der Waals surface area (Å²) in [5, 5.41) is 1.15. The van der Waals surface area contributed by atoms with E-state index >= 15 is 0 Å². The molecular weight excluding hydrogens is 271 g/mol. The van der Waals surface area contributed by atoms with Crippen LogP contribution in [-0.2, 0) is 0 Å². The summed E-state index contributed by atoms with van der Waals surface area (Å²) in [5.41, 5.74) is 1.11. The second-order valence-corrected chi connectivity index (χ2v) is 4.33. The molecule has 0 radical (unpaired) electrons. The average Bonchev–Trinajstić information content (AvgIpc) is 2.25. The van der Waals surface area contributed by atoms with E-state index in [4.69, 9.17) is 34.8 Å². The topological polar surface area (TPSA) is 12.9 Å². The molecule has 5 heteroatoms. The highest BCUT2D eigenvalue weighted by atomic mass is 35.5. The van der Waals surface area contributed by atoms with Gasteiger partial charge in [0.1, 0.15) is 5.82 Å². The van der Waals surface area contributed by atoms with Gasteiger partial charge in [-0.25, -0.2) is 4.39 Å². The molecule has 1 heterocycles. The van der Waals surface area contributed by atoms with Crippen molar-refractivity contribution in [3.63, 3.8) is 0 Å². The number of rotatable bonds is 1. The predicted molar refractivity (Wildman–Crippen MR) is 64.7 cm³/mol. The predicted octanol–water partition coefficient (Wildman–Crippen LogP) is 4.85. The van der Waals surface area contributed by atoms with Crippen LogP contribution in [0.5, 0.6) is 0 Å². The molecule has 0 aliphatic rings. The van der Waals surface area contributed by atoms with E-state index in [0.717, 1.165) is 6.20 Å². The molecular formula is C11H5Cl3FN. The van der Waals surface area contributed by atoms with Crippen LogP contribution in [0.4, 0.5) is 4.39 Å². The highest BCUT2D eigenvalue weighted by molar-refractivity contribution is 6.45. The maximum absolute atomic E-state index is 12.7. The molecule has 2 aromatic rings. The van der Waals surface area contributed by atoms with Crippen molar-refractivity contribution < 1.29 is 4.39 Å². The van der Waals surface area contributed by atoms with Crippen molar-refractivity contribution in [2.45, 2.75) is 0 Å². The minimum absolute atomic E-state index is 0.343. The van der Waals surface area contributed by atoms with Crippen LogP contribution in [-0.4, -0.2) is 4.98 Å². The van der Waals surface area contributed by atoms with Crippen molar-refractivity contribution in [1.29, 1.82) is 0 Å². The molecule has 2 rings (SSSR count). The summed E-state index contributed by atoms with van der Waals surface area (Å²) in [4.78, 5) is 3.91. The quantitative estimate of drug-likeness (QED) is 0.679. The Morgan fingerprint density at radius 2 is 1.81 bits per heavy atom. The Kier molecular flexibility index (Phi) is 3.33. The van der Waals surface area contributed by atoms with Gasteiger partial charge in [-0.3, -0.25) is 4.98 Å². The first-order valence-electron chi connectivity index (χ1n) is 4.34. The molecule has 0 saturated carbocycles. The Balaban J connectivity index is 2.59. The summed E-state index contributed by atoms with van der Waals surface area (Å²) in [7, 11) is 0. The minimum atomic E-state index is -0.409. The van der Waals surface area contributed by atoms with E-state index in [9.17, 15) is 4.39 Å². The van der Waals surface area contributed by atoms with Crippen LogP contribution in [0.15, 0.2) is 30.5 Å². The molecule has 0 unspecified atom stereocenters. The van der Waals surface area contributed by atoms with Gasteiger partial charge in [0.25, 0.3) is 0 Å². The van der Waals surface area contributed by atoms with E-state index in [2.05, 4.69) is 4.98 Å². The Hall–Kier alpha value is -0.830. The van der Waals surface area contributed by atoms with Crippen LogP contribution in [0.25, 0.3) is 11.3 Å². The molecule has 0 fully saturated rings. The third-order valence-electron chi connectivity index (χ3n) is 2.00. The first-order chi connectivity index (χ1) is 7.58. The number of aromatic nitrogens is 1. The molecule has 16 heavy (non-hydrogen) atoms. The molecule has 1 aromatic heterocycles. The highest BCUT2D eigenvalue weighted by Gasteiger charge is 2.10. The van der Waals surface area contributed by atoms with Crippen molar-refractivity contribution in [3.8, 4) is 11.3 Å². The van der Waals surface area contributed by atoms with E-state index in [1.165, 1.54) is 12.1 Å².